The normalized spacial score (nSPS) is 10.6. The first-order chi connectivity index (χ1) is 13.4. The van der Waals surface area contributed by atoms with Crippen LogP contribution in [0, 0.1) is 0 Å². The molecule has 0 spiro atoms. The number of carboxylic acids is 1. The van der Waals surface area contributed by atoms with Crippen LogP contribution in [0.4, 0.5) is 5.69 Å². The molecule has 2 aromatic carbocycles. The number of nitrogens with one attached hydrogen (secondary N) is 2. The van der Waals surface area contributed by atoms with E-state index in [9.17, 15) is 14.7 Å². The molecule has 0 aliphatic carbocycles. The van der Waals surface area contributed by atoms with Crippen molar-refractivity contribution in [3.05, 3.63) is 51.0 Å². The van der Waals surface area contributed by atoms with Gasteiger partial charge in [0.15, 0.2) is 11.5 Å². The number of aromatic carboxylic acids is 1. The molecule has 2 aromatic rings. The molecule has 10 heteroatoms. The van der Waals surface area contributed by atoms with Crippen LogP contribution in [-0.4, -0.2) is 44.0 Å². The first-order valence-corrected chi connectivity index (χ1v) is 9.03. The van der Waals surface area contributed by atoms with Crippen molar-refractivity contribution >= 4 is 51.3 Å². The predicted molar refractivity (Wildman–Crippen MR) is 110 cm³/mol. The number of ether oxygens (including phenoxy) is 2. The van der Waals surface area contributed by atoms with Gasteiger partial charge in [0.2, 0.25) is 0 Å². The third-order valence-electron chi connectivity index (χ3n) is 3.56. The number of anilines is 1. The third kappa shape index (κ3) is 5.37. The second-order valence-corrected chi connectivity index (χ2v) is 6.63. The molecule has 0 aliphatic rings. The largest absolute Gasteiger partial charge is 0.493 e. The first-order valence-electron chi connectivity index (χ1n) is 7.86. The molecular formula is C18H17BrClN3O5. The lowest BCUT2D eigenvalue weighted by atomic mass is 10.1. The average Bonchev–Trinajstić information content (AvgIpc) is 2.66. The first kappa shape index (κ1) is 21.5. The van der Waals surface area contributed by atoms with Crippen molar-refractivity contribution < 1.29 is 24.2 Å². The molecule has 8 nitrogen and oxygen atoms in total. The summed E-state index contributed by atoms with van der Waals surface area (Å²) in [6.07, 6.45) is 1.22. The Hall–Kier alpha value is -2.78. The molecule has 0 atom stereocenters. The molecule has 0 aromatic heterocycles. The minimum absolute atomic E-state index is 0.0463. The van der Waals surface area contributed by atoms with E-state index in [1.54, 1.807) is 24.3 Å². The van der Waals surface area contributed by atoms with E-state index >= 15 is 0 Å². The number of hydrazone groups is 1. The zero-order valence-corrected chi connectivity index (χ0v) is 17.3. The number of rotatable bonds is 8. The molecule has 0 radical (unpaired) electrons. The zero-order chi connectivity index (χ0) is 20.7. The Morgan fingerprint density at radius 2 is 2.00 bits per heavy atom. The van der Waals surface area contributed by atoms with Gasteiger partial charge in [-0.15, -0.1) is 0 Å². The summed E-state index contributed by atoms with van der Waals surface area (Å²) in [6.45, 7) is -0.0463. The van der Waals surface area contributed by atoms with E-state index < -0.39 is 11.9 Å². The number of carbonyl (C=O) groups excluding carboxylic acids is 1. The summed E-state index contributed by atoms with van der Waals surface area (Å²) < 4.78 is 10.9. The number of hydrogen-bond donors (Lipinski definition) is 3. The smallest absolute Gasteiger partial charge is 0.340 e. The number of hydrogen-bond acceptors (Lipinski definition) is 6. The van der Waals surface area contributed by atoms with E-state index in [4.69, 9.17) is 21.1 Å². The monoisotopic (exact) mass is 469 g/mol. The number of halogens is 2. The van der Waals surface area contributed by atoms with Crippen molar-refractivity contribution in [1.29, 1.82) is 0 Å². The average molecular weight is 471 g/mol. The third-order valence-corrected chi connectivity index (χ3v) is 4.45. The summed E-state index contributed by atoms with van der Waals surface area (Å²) in [5.74, 6) is -1.29. The van der Waals surface area contributed by atoms with Gasteiger partial charge in [0.1, 0.15) is 5.56 Å². The molecule has 0 bridgehead atoms. The lowest BCUT2D eigenvalue weighted by Crippen LogP contribution is -2.26. The maximum atomic E-state index is 11.9. The van der Waals surface area contributed by atoms with Gasteiger partial charge in [-0.2, -0.15) is 5.10 Å². The standard InChI is InChI=1S/C18H17BrClN3O5/c1-27-14-6-3-10(16(18(25)26)17(14)28-2)8-22-23-15(24)9-21-13-5-4-11(20)7-12(13)19/h3-8,21H,9H2,1-2H3,(H,23,24)(H,25,26)/b22-8+. The van der Waals surface area contributed by atoms with Gasteiger partial charge in [-0.3, -0.25) is 4.79 Å². The summed E-state index contributed by atoms with van der Waals surface area (Å²) >= 11 is 9.21. The topological polar surface area (TPSA) is 109 Å². The predicted octanol–water partition coefficient (Wildman–Crippen LogP) is 3.38. The Morgan fingerprint density at radius 1 is 1.25 bits per heavy atom. The molecule has 2 rings (SSSR count). The molecule has 0 fully saturated rings. The fourth-order valence-electron chi connectivity index (χ4n) is 2.29. The fourth-order valence-corrected chi connectivity index (χ4v) is 3.11. The molecule has 3 N–H and O–H groups in total. The SMILES string of the molecule is COc1ccc(/C=N/NC(=O)CNc2ccc(Cl)cc2Br)c(C(=O)O)c1OC. The summed E-state index contributed by atoms with van der Waals surface area (Å²) in [4.78, 5) is 23.5. The number of carbonyl (C=O) groups is 2. The van der Waals surface area contributed by atoms with Crippen LogP contribution in [0.1, 0.15) is 15.9 Å². The molecule has 1 amide bonds. The molecule has 28 heavy (non-hydrogen) atoms. The van der Waals surface area contributed by atoms with Crippen molar-refractivity contribution in [2.75, 3.05) is 26.1 Å². The number of carboxylic acid groups (broad SMARTS) is 1. The quantitative estimate of drug-likeness (QED) is 0.403. The molecule has 0 unspecified atom stereocenters. The lowest BCUT2D eigenvalue weighted by Gasteiger charge is -2.12. The minimum Gasteiger partial charge on any atom is -0.493 e. The molecular weight excluding hydrogens is 454 g/mol. The molecule has 0 saturated carbocycles. The van der Waals surface area contributed by atoms with Crippen molar-refractivity contribution in [2.45, 2.75) is 0 Å². The molecule has 0 saturated heterocycles. The second-order valence-electron chi connectivity index (χ2n) is 5.34. The van der Waals surface area contributed by atoms with E-state index in [-0.39, 0.29) is 29.2 Å². The number of benzene rings is 2. The van der Waals surface area contributed by atoms with Crippen molar-refractivity contribution in [3.8, 4) is 11.5 Å². The van der Waals surface area contributed by atoms with E-state index in [1.807, 2.05) is 0 Å². The van der Waals surface area contributed by atoms with E-state index in [0.717, 1.165) is 0 Å². The fraction of sp³-hybridized carbons (Fsp3) is 0.167. The summed E-state index contributed by atoms with van der Waals surface area (Å²) in [5, 5.41) is 16.8. The summed E-state index contributed by atoms with van der Waals surface area (Å²) in [7, 11) is 2.75. The van der Waals surface area contributed by atoms with Gasteiger partial charge in [-0.25, -0.2) is 10.2 Å². The van der Waals surface area contributed by atoms with Crippen LogP contribution in [-0.2, 0) is 4.79 Å². The van der Waals surface area contributed by atoms with Gasteiger partial charge < -0.3 is 19.9 Å². The maximum Gasteiger partial charge on any atom is 0.340 e. The second kappa shape index (κ2) is 9.95. The van der Waals surface area contributed by atoms with Gasteiger partial charge >= 0.3 is 5.97 Å². The Kier molecular flexibility index (Phi) is 7.65. The van der Waals surface area contributed by atoms with Crippen LogP contribution in [0.25, 0.3) is 0 Å². The number of amides is 1. The van der Waals surface area contributed by atoms with Crippen LogP contribution in [0.2, 0.25) is 5.02 Å². The number of methoxy groups -OCH3 is 2. The van der Waals surface area contributed by atoms with Crippen LogP contribution < -0.4 is 20.2 Å². The Balaban J connectivity index is 2.05. The Bertz CT molecular complexity index is 920. The van der Waals surface area contributed by atoms with Crippen LogP contribution >= 0.6 is 27.5 Å². The molecule has 0 heterocycles. The highest BCUT2D eigenvalue weighted by molar-refractivity contribution is 9.10. The number of nitrogens with zero attached hydrogens (tertiary/aromatic N) is 1. The van der Waals surface area contributed by atoms with Gasteiger partial charge in [0.05, 0.1) is 27.0 Å². The maximum absolute atomic E-state index is 11.9. The summed E-state index contributed by atoms with van der Waals surface area (Å²) in [6, 6.07) is 8.17. The Morgan fingerprint density at radius 3 is 2.61 bits per heavy atom. The van der Waals surface area contributed by atoms with Crippen molar-refractivity contribution in [2.24, 2.45) is 5.10 Å². The zero-order valence-electron chi connectivity index (χ0n) is 15.0. The summed E-state index contributed by atoms with van der Waals surface area (Å²) in [5.41, 5.74) is 3.14. The van der Waals surface area contributed by atoms with Crippen molar-refractivity contribution in [3.63, 3.8) is 0 Å². The highest BCUT2D eigenvalue weighted by Crippen LogP contribution is 2.32. The van der Waals surface area contributed by atoms with E-state index in [1.165, 1.54) is 26.5 Å². The molecule has 148 valence electrons. The van der Waals surface area contributed by atoms with E-state index in [0.29, 0.717) is 15.2 Å². The Labute approximate surface area is 174 Å². The van der Waals surface area contributed by atoms with Gasteiger partial charge in [-0.1, -0.05) is 11.6 Å². The lowest BCUT2D eigenvalue weighted by molar-refractivity contribution is -0.119. The molecule has 0 aliphatic heterocycles. The highest BCUT2D eigenvalue weighted by Gasteiger charge is 2.20. The highest BCUT2D eigenvalue weighted by atomic mass is 79.9. The van der Waals surface area contributed by atoms with E-state index in [2.05, 4.69) is 31.8 Å². The van der Waals surface area contributed by atoms with Gasteiger partial charge in [-0.05, 0) is 46.3 Å². The van der Waals surface area contributed by atoms with Crippen LogP contribution in [0.3, 0.4) is 0 Å². The van der Waals surface area contributed by atoms with Crippen molar-refractivity contribution in [1.82, 2.24) is 5.43 Å². The van der Waals surface area contributed by atoms with Gasteiger partial charge in [0, 0.05) is 20.7 Å². The van der Waals surface area contributed by atoms with Crippen LogP contribution in [0.5, 0.6) is 11.5 Å². The van der Waals surface area contributed by atoms with Gasteiger partial charge in [0.25, 0.3) is 5.91 Å². The minimum atomic E-state index is -1.21. The van der Waals surface area contributed by atoms with Crippen LogP contribution in [0.15, 0.2) is 39.9 Å².